The molecular formula is C31H40O4. The minimum Gasteiger partial charge on any atom is -0.496 e. The van der Waals surface area contributed by atoms with Gasteiger partial charge < -0.3 is 4.74 Å². The Morgan fingerprint density at radius 3 is 2.40 bits per heavy atom. The predicted octanol–water partition coefficient (Wildman–Crippen LogP) is 7.10. The average Bonchev–Trinajstić information content (AvgIpc) is 2.79. The van der Waals surface area contributed by atoms with Crippen LogP contribution in [0.25, 0.3) is 11.1 Å². The second-order valence-electron chi connectivity index (χ2n) is 10.3. The van der Waals surface area contributed by atoms with Crippen LogP contribution in [0.15, 0.2) is 30.3 Å². The highest BCUT2D eigenvalue weighted by Crippen LogP contribution is 2.40. The zero-order valence-corrected chi connectivity index (χ0v) is 22.2. The Balaban J connectivity index is 1.94. The Labute approximate surface area is 210 Å². The van der Waals surface area contributed by atoms with Crippen molar-refractivity contribution in [2.24, 2.45) is 17.8 Å². The molecule has 0 aliphatic heterocycles. The van der Waals surface area contributed by atoms with Gasteiger partial charge in [0.1, 0.15) is 17.3 Å². The summed E-state index contributed by atoms with van der Waals surface area (Å²) >= 11 is 0. The van der Waals surface area contributed by atoms with Crippen molar-refractivity contribution >= 4 is 17.3 Å². The van der Waals surface area contributed by atoms with Crippen molar-refractivity contribution < 1.29 is 19.1 Å². The van der Waals surface area contributed by atoms with Crippen LogP contribution in [-0.2, 0) is 16.0 Å². The molecule has 2 aromatic carbocycles. The van der Waals surface area contributed by atoms with Crippen LogP contribution in [-0.4, -0.2) is 24.5 Å². The number of hydrogen-bond acceptors (Lipinski definition) is 4. The SMILES string of the molecule is CCCC(CC1CC(=O)c2c(C)ccc(-c3ccc(OC)c(C)c3)c2C1)C(CC)C(=O)CC(C)=O. The van der Waals surface area contributed by atoms with Gasteiger partial charge in [0.05, 0.1) is 13.5 Å². The molecule has 188 valence electrons. The zero-order valence-electron chi connectivity index (χ0n) is 22.2. The standard InChI is InChI=1S/C31H40O4/c1-7-9-23(25(8-2)28(33)15-21(5)32)16-22-17-27-26(12-10-19(3)31(27)29(34)18-22)24-11-13-30(35-6)20(4)14-24/h10-14,22-23,25H,7-9,15-18H2,1-6H3. The van der Waals surface area contributed by atoms with Crippen LogP contribution < -0.4 is 4.74 Å². The summed E-state index contributed by atoms with van der Waals surface area (Å²) in [4.78, 5) is 37.9. The van der Waals surface area contributed by atoms with Crippen LogP contribution in [0.2, 0.25) is 0 Å². The van der Waals surface area contributed by atoms with Crippen LogP contribution in [0, 0.1) is 31.6 Å². The van der Waals surface area contributed by atoms with Crippen LogP contribution in [0.1, 0.15) is 86.3 Å². The second-order valence-corrected chi connectivity index (χ2v) is 10.3. The largest absolute Gasteiger partial charge is 0.496 e. The summed E-state index contributed by atoms with van der Waals surface area (Å²) in [7, 11) is 1.68. The third kappa shape index (κ3) is 6.09. The molecule has 3 rings (SSSR count). The molecule has 0 spiro atoms. The maximum absolute atomic E-state index is 13.4. The highest BCUT2D eigenvalue weighted by atomic mass is 16.5. The first-order chi connectivity index (χ1) is 16.7. The van der Waals surface area contributed by atoms with Crippen molar-refractivity contribution in [1.82, 2.24) is 0 Å². The molecule has 0 fully saturated rings. The molecule has 4 heteroatoms. The van der Waals surface area contributed by atoms with Crippen molar-refractivity contribution in [1.29, 1.82) is 0 Å². The lowest BCUT2D eigenvalue weighted by atomic mass is 9.71. The summed E-state index contributed by atoms with van der Waals surface area (Å²) in [5.74, 6) is 1.34. The number of methoxy groups -OCH3 is 1. The van der Waals surface area contributed by atoms with Crippen LogP contribution in [0.3, 0.4) is 0 Å². The molecule has 0 aromatic heterocycles. The van der Waals surface area contributed by atoms with E-state index < -0.39 is 0 Å². The van der Waals surface area contributed by atoms with E-state index in [1.165, 1.54) is 6.92 Å². The van der Waals surface area contributed by atoms with Gasteiger partial charge in [-0.2, -0.15) is 0 Å². The van der Waals surface area contributed by atoms with Gasteiger partial charge >= 0.3 is 0 Å². The lowest BCUT2D eigenvalue weighted by Gasteiger charge is -2.32. The van der Waals surface area contributed by atoms with Gasteiger partial charge in [-0.25, -0.2) is 0 Å². The number of Topliss-reactive ketones (excluding diaryl/α,β-unsaturated/α-hetero) is 3. The molecule has 0 saturated carbocycles. The Bertz CT molecular complexity index is 1100. The quantitative estimate of drug-likeness (QED) is 0.324. The topological polar surface area (TPSA) is 60.4 Å². The maximum atomic E-state index is 13.4. The fourth-order valence-corrected chi connectivity index (χ4v) is 6.06. The van der Waals surface area contributed by atoms with Gasteiger partial charge in [-0.05, 0) is 91.8 Å². The van der Waals surface area contributed by atoms with E-state index in [1.807, 2.05) is 26.8 Å². The van der Waals surface area contributed by atoms with E-state index in [4.69, 9.17) is 4.74 Å². The number of benzene rings is 2. The molecule has 35 heavy (non-hydrogen) atoms. The first-order valence-corrected chi connectivity index (χ1v) is 13.0. The summed E-state index contributed by atoms with van der Waals surface area (Å²) in [6.45, 7) is 9.73. The van der Waals surface area contributed by atoms with Gasteiger partial charge in [0.25, 0.3) is 0 Å². The number of aryl methyl sites for hydroxylation is 2. The second kappa shape index (κ2) is 11.8. The Hall–Kier alpha value is -2.75. The smallest absolute Gasteiger partial charge is 0.163 e. The Kier molecular flexibility index (Phi) is 9.04. The Morgan fingerprint density at radius 1 is 1.06 bits per heavy atom. The average molecular weight is 477 g/mol. The number of fused-ring (bicyclic) bond motifs is 1. The van der Waals surface area contributed by atoms with E-state index in [2.05, 4.69) is 31.2 Å². The minimum absolute atomic E-state index is 0.0192. The number of hydrogen-bond donors (Lipinski definition) is 0. The number of rotatable bonds is 11. The summed E-state index contributed by atoms with van der Waals surface area (Å²) in [6.07, 6.45) is 4.89. The maximum Gasteiger partial charge on any atom is 0.163 e. The molecule has 1 aliphatic rings. The summed E-state index contributed by atoms with van der Waals surface area (Å²) in [5.41, 5.74) is 6.32. The number of ether oxygens (including phenoxy) is 1. The third-order valence-corrected chi connectivity index (χ3v) is 7.61. The molecule has 0 saturated heterocycles. The lowest BCUT2D eigenvalue weighted by molar-refractivity contribution is -0.129. The normalized spacial score (nSPS) is 17.0. The van der Waals surface area contributed by atoms with Gasteiger partial charge in [-0.1, -0.05) is 44.9 Å². The third-order valence-electron chi connectivity index (χ3n) is 7.61. The number of carbonyl (C=O) groups is 3. The van der Waals surface area contributed by atoms with Crippen LogP contribution in [0.4, 0.5) is 0 Å². The molecule has 0 radical (unpaired) electrons. The van der Waals surface area contributed by atoms with Gasteiger partial charge in [0.2, 0.25) is 0 Å². The molecule has 0 heterocycles. The van der Waals surface area contributed by atoms with Crippen molar-refractivity contribution in [2.75, 3.05) is 7.11 Å². The summed E-state index contributed by atoms with van der Waals surface area (Å²) in [5, 5.41) is 0. The van der Waals surface area contributed by atoms with E-state index in [0.717, 1.165) is 71.2 Å². The van der Waals surface area contributed by atoms with Gasteiger partial charge in [0.15, 0.2) is 5.78 Å². The van der Waals surface area contributed by atoms with E-state index in [9.17, 15) is 14.4 Å². The minimum atomic E-state index is -0.114. The molecule has 3 atom stereocenters. The highest BCUT2D eigenvalue weighted by Gasteiger charge is 2.34. The molecule has 0 bridgehead atoms. The molecule has 4 nitrogen and oxygen atoms in total. The van der Waals surface area contributed by atoms with Gasteiger partial charge in [-0.15, -0.1) is 0 Å². The zero-order chi connectivity index (χ0) is 25.7. The van der Waals surface area contributed by atoms with Crippen molar-refractivity contribution in [3.63, 3.8) is 0 Å². The van der Waals surface area contributed by atoms with Crippen molar-refractivity contribution in [3.8, 4) is 16.9 Å². The predicted molar refractivity (Wildman–Crippen MR) is 141 cm³/mol. The lowest BCUT2D eigenvalue weighted by Crippen LogP contribution is -2.30. The molecular weight excluding hydrogens is 436 g/mol. The highest BCUT2D eigenvalue weighted by molar-refractivity contribution is 6.02. The molecule has 2 aromatic rings. The number of carbonyl (C=O) groups excluding carboxylic acids is 3. The van der Waals surface area contributed by atoms with E-state index in [0.29, 0.717) is 6.42 Å². The van der Waals surface area contributed by atoms with Crippen LogP contribution >= 0.6 is 0 Å². The first-order valence-electron chi connectivity index (χ1n) is 13.0. The fraction of sp³-hybridized carbons (Fsp3) is 0.516. The Morgan fingerprint density at radius 2 is 1.80 bits per heavy atom. The summed E-state index contributed by atoms with van der Waals surface area (Å²) in [6, 6.07) is 10.4. The molecule has 0 N–H and O–H groups in total. The molecule has 1 aliphatic carbocycles. The van der Waals surface area contributed by atoms with Gasteiger partial charge in [-0.3, -0.25) is 14.4 Å². The summed E-state index contributed by atoms with van der Waals surface area (Å²) < 4.78 is 5.44. The van der Waals surface area contributed by atoms with Gasteiger partial charge in [0, 0.05) is 17.9 Å². The molecule has 0 amide bonds. The van der Waals surface area contributed by atoms with Crippen molar-refractivity contribution in [2.45, 2.75) is 79.6 Å². The fourth-order valence-electron chi connectivity index (χ4n) is 6.06. The van der Waals surface area contributed by atoms with Crippen LogP contribution in [0.5, 0.6) is 5.75 Å². The monoisotopic (exact) mass is 476 g/mol. The molecule has 3 unspecified atom stereocenters. The number of ketones is 3. The van der Waals surface area contributed by atoms with E-state index in [1.54, 1.807) is 7.11 Å². The van der Waals surface area contributed by atoms with E-state index >= 15 is 0 Å². The first kappa shape index (κ1) is 26.8. The van der Waals surface area contributed by atoms with E-state index in [-0.39, 0.29) is 41.5 Å². The van der Waals surface area contributed by atoms with Crippen molar-refractivity contribution in [3.05, 3.63) is 52.6 Å².